The molecule has 3 rings (SSSR count). The van der Waals surface area contributed by atoms with Crippen molar-refractivity contribution in [1.82, 2.24) is 4.98 Å². The van der Waals surface area contributed by atoms with Crippen molar-refractivity contribution >= 4 is 20.7 Å². The third-order valence-corrected chi connectivity index (χ3v) is 5.65. The Balaban J connectivity index is 2.11. The van der Waals surface area contributed by atoms with Crippen molar-refractivity contribution < 1.29 is 17.2 Å². The summed E-state index contributed by atoms with van der Waals surface area (Å²) >= 11 is 0. The summed E-state index contributed by atoms with van der Waals surface area (Å²) in [6, 6.07) is 8.22. The number of sulfone groups is 1. The summed E-state index contributed by atoms with van der Waals surface area (Å²) in [5.74, 6) is -1.37. The molecule has 1 heterocycles. The third-order valence-electron chi connectivity index (χ3n) is 3.84. The summed E-state index contributed by atoms with van der Waals surface area (Å²) in [7, 11) is -3.75. The predicted molar refractivity (Wildman–Crippen MR) is 89.4 cm³/mol. The van der Waals surface area contributed by atoms with Gasteiger partial charge in [-0.3, -0.25) is 0 Å². The highest BCUT2D eigenvalue weighted by atomic mass is 32.2. The second-order valence-electron chi connectivity index (χ2n) is 5.50. The lowest BCUT2D eigenvalue weighted by molar-refractivity contribution is 0.565. The Morgan fingerprint density at radius 3 is 2.62 bits per heavy atom. The largest absolute Gasteiger partial charge is 0.360 e. The number of benzene rings is 2. The highest BCUT2D eigenvalue weighted by Crippen LogP contribution is 2.31. The van der Waals surface area contributed by atoms with Crippen LogP contribution in [-0.4, -0.2) is 25.7 Å². The van der Waals surface area contributed by atoms with E-state index in [9.17, 15) is 17.2 Å². The number of halogens is 2. The topological polar surface area (TPSA) is 76.0 Å². The minimum absolute atomic E-state index is 0.205. The van der Waals surface area contributed by atoms with Crippen LogP contribution in [0.4, 0.5) is 8.78 Å². The smallest absolute Gasteiger partial charge is 0.181 e. The first-order valence-corrected chi connectivity index (χ1v) is 9.07. The van der Waals surface area contributed by atoms with Crippen LogP contribution in [0, 0.1) is 11.6 Å². The fourth-order valence-corrected chi connectivity index (χ4v) is 4.07. The number of rotatable bonds is 5. The molecule has 2 aromatic carbocycles. The van der Waals surface area contributed by atoms with Gasteiger partial charge in [0.1, 0.15) is 16.5 Å². The van der Waals surface area contributed by atoms with Gasteiger partial charge in [0.05, 0.1) is 5.75 Å². The van der Waals surface area contributed by atoms with Crippen molar-refractivity contribution in [2.24, 2.45) is 5.73 Å². The minimum Gasteiger partial charge on any atom is -0.360 e. The normalized spacial score (nSPS) is 12.0. The van der Waals surface area contributed by atoms with E-state index in [0.29, 0.717) is 16.6 Å². The average Bonchev–Trinajstić information content (AvgIpc) is 2.96. The predicted octanol–water partition coefficient (Wildman–Crippen LogP) is 3.24. The van der Waals surface area contributed by atoms with E-state index in [1.54, 1.807) is 12.3 Å². The highest BCUT2D eigenvalue weighted by Gasteiger charge is 2.20. The van der Waals surface area contributed by atoms with Gasteiger partial charge in [-0.2, -0.15) is 0 Å². The standard InChI is InChI=1S/C17H16F2N2O2S/c18-12-3-4-13-14(10-21-16(13)9-12)11-2-5-15(19)17(8-11)24(22,23)7-1-6-20/h2-5,8-10,21H,1,6-7,20H2. The monoisotopic (exact) mass is 350 g/mol. The second-order valence-corrected chi connectivity index (χ2v) is 7.58. The number of nitrogens with two attached hydrogens (primary N) is 1. The summed E-state index contributed by atoms with van der Waals surface area (Å²) < 4.78 is 51.9. The molecule has 0 atom stereocenters. The van der Waals surface area contributed by atoms with Gasteiger partial charge in [0.25, 0.3) is 0 Å². The van der Waals surface area contributed by atoms with E-state index in [1.165, 1.54) is 24.3 Å². The summed E-state index contributed by atoms with van der Waals surface area (Å²) in [6.45, 7) is 0.217. The van der Waals surface area contributed by atoms with Crippen molar-refractivity contribution in [2.45, 2.75) is 11.3 Å². The SMILES string of the molecule is NCCCS(=O)(=O)c1cc(-c2c[nH]c3cc(F)ccc23)ccc1F. The molecule has 0 bridgehead atoms. The van der Waals surface area contributed by atoms with Crippen LogP contribution in [0.15, 0.2) is 47.5 Å². The molecule has 0 saturated heterocycles. The molecule has 1 aromatic heterocycles. The first-order chi connectivity index (χ1) is 11.4. The number of hydrogen-bond acceptors (Lipinski definition) is 3. The summed E-state index contributed by atoms with van der Waals surface area (Å²) in [5.41, 5.74) is 7.15. The maximum atomic E-state index is 14.0. The van der Waals surface area contributed by atoms with E-state index in [2.05, 4.69) is 4.98 Å². The molecule has 0 spiro atoms. The average molecular weight is 350 g/mol. The Bertz CT molecular complexity index is 997. The fourth-order valence-electron chi connectivity index (χ4n) is 2.63. The maximum Gasteiger partial charge on any atom is 0.181 e. The molecule has 0 saturated carbocycles. The van der Waals surface area contributed by atoms with E-state index in [4.69, 9.17) is 5.73 Å². The first-order valence-electron chi connectivity index (χ1n) is 7.42. The molecular formula is C17H16F2N2O2S. The Hall–Kier alpha value is -2.25. The quantitative estimate of drug-likeness (QED) is 0.742. The molecule has 7 heteroatoms. The molecule has 0 aliphatic carbocycles. The second kappa shape index (κ2) is 6.33. The van der Waals surface area contributed by atoms with Crippen molar-refractivity contribution in [2.75, 3.05) is 12.3 Å². The summed E-state index contributed by atoms with van der Waals surface area (Å²) in [6.07, 6.45) is 1.91. The van der Waals surface area contributed by atoms with E-state index >= 15 is 0 Å². The lowest BCUT2D eigenvalue weighted by Crippen LogP contribution is -2.13. The molecule has 0 fully saturated rings. The Morgan fingerprint density at radius 1 is 1.08 bits per heavy atom. The number of aromatic nitrogens is 1. The van der Waals surface area contributed by atoms with Crippen molar-refractivity contribution in [3.05, 3.63) is 54.2 Å². The van der Waals surface area contributed by atoms with Gasteiger partial charge in [0, 0.05) is 22.7 Å². The van der Waals surface area contributed by atoms with Crippen molar-refractivity contribution in [1.29, 1.82) is 0 Å². The van der Waals surface area contributed by atoms with Gasteiger partial charge < -0.3 is 10.7 Å². The lowest BCUT2D eigenvalue weighted by Gasteiger charge is -2.08. The first kappa shape index (κ1) is 16.6. The molecule has 0 unspecified atom stereocenters. The van der Waals surface area contributed by atoms with Crippen molar-refractivity contribution in [3.8, 4) is 11.1 Å². The van der Waals surface area contributed by atoms with Gasteiger partial charge >= 0.3 is 0 Å². The van der Waals surface area contributed by atoms with Crippen molar-refractivity contribution in [3.63, 3.8) is 0 Å². The number of hydrogen-bond donors (Lipinski definition) is 2. The van der Waals surface area contributed by atoms with Gasteiger partial charge in [-0.15, -0.1) is 0 Å². The zero-order valence-corrected chi connectivity index (χ0v) is 13.5. The molecule has 3 aromatic rings. The Kier molecular flexibility index (Phi) is 4.38. The maximum absolute atomic E-state index is 14.0. The van der Waals surface area contributed by atoms with Crippen LogP contribution in [-0.2, 0) is 9.84 Å². The van der Waals surface area contributed by atoms with Gasteiger partial charge in [0.15, 0.2) is 9.84 Å². The van der Waals surface area contributed by atoms with E-state index < -0.39 is 15.7 Å². The molecule has 24 heavy (non-hydrogen) atoms. The highest BCUT2D eigenvalue weighted by molar-refractivity contribution is 7.91. The van der Waals surface area contributed by atoms with Gasteiger partial charge in [-0.25, -0.2) is 17.2 Å². The van der Waals surface area contributed by atoms with Crippen LogP contribution in [0.1, 0.15) is 6.42 Å². The van der Waals surface area contributed by atoms with E-state index in [1.807, 2.05) is 0 Å². The Morgan fingerprint density at radius 2 is 1.88 bits per heavy atom. The molecule has 126 valence electrons. The van der Waals surface area contributed by atoms with Gasteiger partial charge in [-0.1, -0.05) is 6.07 Å². The molecule has 4 nitrogen and oxygen atoms in total. The fraction of sp³-hybridized carbons (Fsp3) is 0.176. The molecule has 0 aliphatic heterocycles. The van der Waals surface area contributed by atoms with Crippen LogP contribution >= 0.6 is 0 Å². The lowest BCUT2D eigenvalue weighted by atomic mass is 10.0. The molecular weight excluding hydrogens is 334 g/mol. The third kappa shape index (κ3) is 3.05. The molecule has 0 aliphatic rings. The number of nitrogens with one attached hydrogen (secondary N) is 1. The number of H-pyrrole nitrogens is 1. The van der Waals surface area contributed by atoms with Gasteiger partial charge in [-0.05, 0) is 48.9 Å². The molecule has 3 N–H and O–H groups in total. The molecule has 0 radical (unpaired) electrons. The van der Waals surface area contributed by atoms with Crippen LogP contribution < -0.4 is 5.73 Å². The van der Waals surface area contributed by atoms with Crippen LogP contribution in [0.5, 0.6) is 0 Å². The zero-order valence-electron chi connectivity index (χ0n) is 12.7. The zero-order chi connectivity index (χ0) is 17.3. The molecule has 0 amide bonds. The van der Waals surface area contributed by atoms with Crippen LogP contribution in [0.2, 0.25) is 0 Å². The van der Waals surface area contributed by atoms with E-state index in [-0.39, 0.29) is 29.4 Å². The minimum atomic E-state index is -3.75. The summed E-state index contributed by atoms with van der Waals surface area (Å²) in [4.78, 5) is 2.59. The summed E-state index contributed by atoms with van der Waals surface area (Å²) in [5, 5.41) is 0.730. The van der Waals surface area contributed by atoms with E-state index in [0.717, 1.165) is 11.5 Å². The van der Waals surface area contributed by atoms with Gasteiger partial charge in [0.2, 0.25) is 0 Å². The Labute approximate surface area is 138 Å². The van der Waals surface area contributed by atoms with Crippen LogP contribution in [0.3, 0.4) is 0 Å². The number of aromatic amines is 1. The number of fused-ring (bicyclic) bond motifs is 1. The van der Waals surface area contributed by atoms with Crippen LogP contribution in [0.25, 0.3) is 22.0 Å².